The molecule has 2 heterocycles. The molecule has 0 saturated carbocycles. The molecule has 3 rings (SSSR count). The minimum absolute atomic E-state index is 0.281. The third-order valence-corrected chi connectivity index (χ3v) is 4.59. The van der Waals surface area contributed by atoms with E-state index in [1.54, 1.807) is 19.2 Å². The SMILES string of the molecule is COc1cc(CN2CCCC(c3cc(C(N)=O)n[nH]3)C2)ccc1C#N. The van der Waals surface area contributed by atoms with E-state index in [1.807, 2.05) is 12.1 Å². The van der Waals surface area contributed by atoms with Gasteiger partial charge in [0.05, 0.1) is 12.7 Å². The van der Waals surface area contributed by atoms with Gasteiger partial charge in [-0.15, -0.1) is 0 Å². The third kappa shape index (κ3) is 3.80. The van der Waals surface area contributed by atoms with Gasteiger partial charge < -0.3 is 10.5 Å². The topological polar surface area (TPSA) is 108 Å². The summed E-state index contributed by atoms with van der Waals surface area (Å²) < 4.78 is 5.28. The van der Waals surface area contributed by atoms with Crippen LogP contribution in [0.4, 0.5) is 0 Å². The monoisotopic (exact) mass is 339 g/mol. The van der Waals surface area contributed by atoms with E-state index in [4.69, 9.17) is 15.7 Å². The van der Waals surface area contributed by atoms with Crippen LogP contribution < -0.4 is 10.5 Å². The summed E-state index contributed by atoms with van der Waals surface area (Å²) in [5.74, 6) is 0.391. The zero-order valence-electron chi connectivity index (χ0n) is 14.2. The Balaban J connectivity index is 1.69. The van der Waals surface area contributed by atoms with Crippen LogP contribution in [0.1, 0.15) is 46.1 Å². The van der Waals surface area contributed by atoms with E-state index in [9.17, 15) is 4.79 Å². The van der Waals surface area contributed by atoms with Gasteiger partial charge in [0.2, 0.25) is 0 Å². The number of hydrogen-bond donors (Lipinski definition) is 2. The van der Waals surface area contributed by atoms with Gasteiger partial charge in [0.1, 0.15) is 17.5 Å². The summed E-state index contributed by atoms with van der Waals surface area (Å²) in [7, 11) is 1.57. The Hall–Kier alpha value is -2.85. The van der Waals surface area contributed by atoms with Crippen LogP contribution in [0.3, 0.4) is 0 Å². The zero-order valence-corrected chi connectivity index (χ0v) is 14.2. The molecule has 1 unspecified atom stereocenters. The summed E-state index contributed by atoms with van der Waals surface area (Å²) in [6, 6.07) is 9.56. The first-order chi connectivity index (χ1) is 12.1. The van der Waals surface area contributed by atoms with Crippen molar-refractivity contribution in [3.05, 3.63) is 46.8 Å². The number of ether oxygens (including phenoxy) is 1. The standard InChI is InChI=1S/C18H21N5O2/c1-25-17-7-12(4-5-13(17)9-19)10-23-6-2-3-14(11-23)15-8-16(18(20)24)22-21-15/h4-5,7-8,14H,2-3,6,10-11H2,1H3,(H2,20,24)(H,21,22). The summed E-state index contributed by atoms with van der Waals surface area (Å²) in [5, 5.41) is 16.0. The maximum Gasteiger partial charge on any atom is 0.269 e. The van der Waals surface area contributed by atoms with E-state index in [-0.39, 0.29) is 5.69 Å². The highest BCUT2D eigenvalue weighted by Gasteiger charge is 2.24. The van der Waals surface area contributed by atoms with Crippen LogP contribution in [-0.4, -0.2) is 41.2 Å². The molecular formula is C18H21N5O2. The van der Waals surface area contributed by atoms with Crippen LogP contribution in [-0.2, 0) is 6.54 Å². The molecule has 1 aromatic carbocycles. The third-order valence-electron chi connectivity index (χ3n) is 4.59. The Bertz CT molecular complexity index is 808. The molecule has 1 aromatic heterocycles. The number of carbonyl (C=O) groups excluding carboxylic acids is 1. The Morgan fingerprint density at radius 3 is 3.04 bits per heavy atom. The lowest BCUT2D eigenvalue weighted by molar-refractivity contribution is 0.0995. The molecule has 25 heavy (non-hydrogen) atoms. The lowest BCUT2D eigenvalue weighted by Crippen LogP contribution is -2.34. The normalized spacial score (nSPS) is 17.8. The van der Waals surface area contributed by atoms with Gasteiger partial charge in [-0.2, -0.15) is 10.4 Å². The molecule has 7 nitrogen and oxygen atoms in total. The van der Waals surface area contributed by atoms with Crippen molar-refractivity contribution >= 4 is 5.91 Å². The number of likely N-dealkylation sites (tertiary alicyclic amines) is 1. The van der Waals surface area contributed by atoms with Crippen molar-refractivity contribution in [2.45, 2.75) is 25.3 Å². The first-order valence-electron chi connectivity index (χ1n) is 8.25. The molecule has 1 aliphatic rings. The van der Waals surface area contributed by atoms with Crippen molar-refractivity contribution in [3.63, 3.8) is 0 Å². The van der Waals surface area contributed by atoms with E-state index in [0.29, 0.717) is 17.2 Å². The summed E-state index contributed by atoms with van der Waals surface area (Å²) in [6.07, 6.45) is 2.12. The highest BCUT2D eigenvalue weighted by molar-refractivity contribution is 5.90. The molecule has 0 aliphatic carbocycles. The zero-order chi connectivity index (χ0) is 17.8. The van der Waals surface area contributed by atoms with E-state index in [2.05, 4.69) is 21.2 Å². The predicted molar refractivity (Wildman–Crippen MR) is 92.1 cm³/mol. The Kier molecular flexibility index (Phi) is 5.00. The van der Waals surface area contributed by atoms with E-state index >= 15 is 0 Å². The van der Waals surface area contributed by atoms with Gasteiger partial charge in [-0.05, 0) is 43.1 Å². The minimum Gasteiger partial charge on any atom is -0.495 e. The van der Waals surface area contributed by atoms with E-state index in [0.717, 1.165) is 43.7 Å². The van der Waals surface area contributed by atoms with Gasteiger partial charge >= 0.3 is 0 Å². The molecule has 130 valence electrons. The number of carbonyl (C=O) groups is 1. The number of aromatic nitrogens is 2. The fourth-order valence-electron chi connectivity index (χ4n) is 3.31. The number of nitrogens with zero attached hydrogens (tertiary/aromatic N) is 3. The number of rotatable bonds is 5. The number of H-pyrrole nitrogens is 1. The molecule has 7 heteroatoms. The average Bonchev–Trinajstić information content (AvgIpc) is 3.12. The fourth-order valence-corrected chi connectivity index (χ4v) is 3.31. The van der Waals surface area contributed by atoms with Gasteiger partial charge in [0, 0.05) is 24.7 Å². The Morgan fingerprint density at radius 1 is 1.52 bits per heavy atom. The average molecular weight is 339 g/mol. The number of primary amides is 1. The molecule has 1 atom stereocenters. The highest BCUT2D eigenvalue weighted by atomic mass is 16.5. The molecule has 0 radical (unpaired) electrons. The summed E-state index contributed by atoms with van der Waals surface area (Å²) in [5.41, 5.74) is 8.16. The largest absolute Gasteiger partial charge is 0.495 e. The maximum absolute atomic E-state index is 11.2. The van der Waals surface area contributed by atoms with E-state index in [1.165, 1.54) is 0 Å². The van der Waals surface area contributed by atoms with Crippen LogP contribution >= 0.6 is 0 Å². The van der Waals surface area contributed by atoms with Crippen LogP contribution in [0, 0.1) is 11.3 Å². The van der Waals surface area contributed by atoms with Crippen LogP contribution in [0.15, 0.2) is 24.3 Å². The highest BCUT2D eigenvalue weighted by Crippen LogP contribution is 2.28. The fraction of sp³-hybridized carbons (Fsp3) is 0.389. The van der Waals surface area contributed by atoms with Crippen molar-refractivity contribution < 1.29 is 9.53 Å². The molecule has 2 aromatic rings. The molecular weight excluding hydrogens is 318 g/mol. The van der Waals surface area contributed by atoms with Gasteiger partial charge in [0.25, 0.3) is 5.91 Å². The summed E-state index contributed by atoms with van der Waals surface area (Å²) in [6.45, 7) is 2.67. The van der Waals surface area contributed by atoms with Crippen LogP contribution in [0.5, 0.6) is 5.75 Å². The van der Waals surface area contributed by atoms with E-state index < -0.39 is 5.91 Å². The number of nitriles is 1. The lowest BCUT2D eigenvalue weighted by Gasteiger charge is -2.32. The molecule has 1 amide bonds. The van der Waals surface area contributed by atoms with Crippen molar-refractivity contribution in [1.82, 2.24) is 15.1 Å². The predicted octanol–water partition coefficient (Wildman–Crippen LogP) is 1.77. The second-order valence-electron chi connectivity index (χ2n) is 6.29. The van der Waals surface area contributed by atoms with Gasteiger partial charge in [0.15, 0.2) is 0 Å². The van der Waals surface area contributed by atoms with Crippen molar-refractivity contribution in [2.75, 3.05) is 20.2 Å². The number of nitrogens with one attached hydrogen (secondary N) is 1. The molecule has 1 aliphatic heterocycles. The molecule has 3 N–H and O–H groups in total. The second-order valence-corrected chi connectivity index (χ2v) is 6.29. The number of piperidine rings is 1. The lowest BCUT2D eigenvalue weighted by atomic mass is 9.94. The minimum atomic E-state index is -0.514. The number of nitrogens with two attached hydrogens (primary N) is 1. The number of aromatic amines is 1. The first-order valence-corrected chi connectivity index (χ1v) is 8.25. The Labute approximate surface area is 146 Å². The Morgan fingerprint density at radius 2 is 2.36 bits per heavy atom. The number of benzene rings is 1. The first kappa shape index (κ1) is 17.0. The number of hydrogen-bond acceptors (Lipinski definition) is 5. The number of amides is 1. The molecule has 1 saturated heterocycles. The van der Waals surface area contributed by atoms with Crippen molar-refractivity contribution in [1.29, 1.82) is 5.26 Å². The molecule has 0 spiro atoms. The summed E-state index contributed by atoms with van der Waals surface area (Å²) in [4.78, 5) is 13.6. The van der Waals surface area contributed by atoms with Crippen LogP contribution in [0.25, 0.3) is 0 Å². The smallest absolute Gasteiger partial charge is 0.269 e. The van der Waals surface area contributed by atoms with Crippen molar-refractivity contribution in [3.8, 4) is 11.8 Å². The quantitative estimate of drug-likeness (QED) is 0.863. The number of methoxy groups -OCH3 is 1. The molecule has 1 fully saturated rings. The summed E-state index contributed by atoms with van der Waals surface area (Å²) >= 11 is 0. The van der Waals surface area contributed by atoms with Gasteiger partial charge in [-0.25, -0.2) is 0 Å². The molecule has 0 bridgehead atoms. The maximum atomic E-state index is 11.2. The van der Waals surface area contributed by atoms with Gasteiger partial charge in [-0.3, -0.25) is 14.8 Å². The van der Waals surface area contributed by atoms with Crippen molar-refractivity contribution in [2.24, 2.45) is 5.73 Å². The second kappa shape index (κ2) is 7.36. The van der Waals surface area contributed by atoms with Gasteiger partial charge in [-0.1, -0.05) is 6.07 Å². The van der Waals surface area contributed by atoms with Crippen LogP contribution in [0.2, 0.25) is 0 Å².